The molecule has 0 amide bonds. The molecule has 2 rings (SSSR count). The first-order valence-corrected chi connectivity index (χ1v) is 4.86. The molecule has 4 nitrogen and oxygen atoms in total. The van der Waals surface area contributed by atoms with Crippen LogP contribution in [0.5, 0.6) is 0 Å². The minimum atomic E-state index is -0.00280. The van der Waals surface area contributed by atoms with Gasteiger partial charge in [-0.3, -0.25) is 0 Å². The molecule has 0 saturated carbocycles. The van der Waals surface area contributed by atoms with Gasteiger partial charge in [0.15, 0.2) is 0 Å². The molecule has 15 heavy (non-hydrogen) atoms. The predicted molar refractivity (Wildman–Crippen MR) is 55.5 cm³/mol. The molecule has 1 aromatic carbocycles. The molecule has 0 radical (unpaired) electrons. The van der Waals surface area contributed by atoms with Gasteiger partial charge in [0, 0.05) is 17.0 Å². The number of halogens is 1. The normalized spacial score (nSPS) is 10.5. The molecule has 0 aliphatic carbocycles. The van der Waals surface area contributed by atoms with Crippen LogP contribution in [-0.4, -0.2) is 21.9 Å². The zero-order valence-corrected chi connectivity index (χ0v) is 8.61. The van der Waals surface area contributed by atoms with Crippen molar-refractivity contribution in [3.63, 3.8) is 0 Å². The van der Waals surface area contributed by atoms with Crippen molar-refractivity contribution in [2.24, 2.45) is 0 Å². The quantitative estimate of drug-likeness (QED) is 0.866. The number of rotatable bonds is 3. The summed E-state index contributed by atoms with van der Waals surface area (Å²) in [6.45, 7) is -0.00280. The van der Waals surface area contributed by atoms with Crippen LogP contribution in [0.1, 0.15) is 5.89 Å². The number of aliphatic hydroxyl groups excluding tert-OH is 1. The zero-order chi connectivity index (χ0) is 10.7. The molecule has 5 heteroatoms. The third kappa shape index (κ3) is 2.34. The van der Waals surface area contributed by atoms with E-state index in [9.17, 15) is 0 Å². The number of benzene rings is 1. The summed E-state index contributed by atoms with van der Waals surface area (Å²) in [5.41, 5.74) is 0.777. The molecule has 0 atom stereocenters. The first-order valence-electron chi connectivity index (χ1n) is 4.49. The van der Waals surface area contributed by atoms with Crippen molar-refractivity contribution in [3.05, 3.63) is 35.2 Å². The van der Waals surface area contributed by atoms with Crippen molar-refractivity contribution in [2.75, 3.05) is 6.61 Å². The molecule has 0 unspecified atom stereocenters. The monoisotopic (exact) mass is 224 g/mol. The summed E-state index contributed by atoms with van der Waals surface area (Å²) in [6, 6.07) is 7.17. The van der Waals surface area contributed by atoms with Crippen molar-refractivity contribution in [3.8, 4) is 11.5 Å². The van der Waals surface area contributed by atoms with Gasteiger partial charge in [-0.05, 0) is 18.2 Å². The van der Waals surface area contributed by atoms with E-state index in [1.807, 2.05) is 12.1 Å². The largest absolute Gasteiger partial charge is 0.421 e. The Morgan fingerprint density at radius 1 is 1.33 bits per heavy atom. The van der Waals surface area contributed by atoms with Gasteiger partial charge in [0.05, 0.1) is 6.61 Å². The molecule has 1 heterocycles. The minimum absolute atomic E-state index is 0.00280. The van der Waals surface area contributed by atoms with Gasteiger partial charge in [-0.25, -0.2) is 0 Å². The van der Waals surface area contributed by atoms with Crippen molar-refractivity contribution >= 4 is 11.6 Å². The molecule has 0 saturated heterocycles. The van der Waals surface area contributed by atoms with Gasteiger partial charge in [-0.2, -0.15) is 0 Å². The molecule has 0 bridgehead atoms. The van der Waals surface area contributed by atoms with Gasteiger partial charge in [-0.1, -0.05) is 17.7 Å². The summed E-state index contributed by atoms with van der Waals surface area (Å²) in [6.07, 6.45) is 0.369. The average Bonchev–Trinajstić information content (AvgIpc) is 2.67. The molecule has 2 aromatic rings. The summed E-state index contributed by atoms with van der Waals surface area (Å²) < 4.78 is 5.32. The lowest BCUT2D eigenvalue weighted by Crippen LogP contribution is -1.89. The molecule has 0 fully saturated rings. The molecule has 0 aliphatic heterocycles. The van der Waals surface area contributed by atoms with E-state index in [-0.39, 0.29) is 6.61 Å². The van der Waals surface area contributed by atoms with E-state index < -0.39 is 0 Å². The van der Waals surface area contributed by atoms with E-state index in [1.54, 1.807) is 12.1 Å². The fourth-order valence-corrected chi connectivity index (χ4v) is 1.38. The Morgan fingerprint density at radius 2 is 2.20 bits per heavy atom. The standard InChI is InChI=1S/C10H9ClN2O2/c11-8-3-1-2-7(6-8)10-13-12-9(15-10)4-5-14/h1-3,6,14H,4-5H2. The molecule has 78 valence electrons. The van der Waals surface area contributed by atoms with Gasteiger partial charge in [0.25, 0.3) is 0 Å². The van der Waals surface area contributed by atoms with E-state index in [0.29, 0.717) is 23.2 Å². The van der Waals surface area contributed by atoms with E-state index in [2.05, 4.69) is 10.2 Å². The Hall–Kier alpha value is -1.39. The lowest BCUT2D eigenvalue weighted by molar-refractivity contribution is 0.285. The Balaban J connectivity index is 2.29. The van der Waals surface area contributed by atoms with Gasteiger partial charge in [0.2, 0.25) is 11.8 Å². The summed E-state index contributed by atoms with van der Waals surface area (Å²) in [7, 11) is 0. The van der Waals surface area contributed by atoms with Gasteiger partial charge >= 0.3 is 0 Å². The van der Waals surface area contributed by atoms with Crippen LogP contribution in [0.4, 0.5) is 0 Å². The second-order valence-corrected chi connectivity index (χ2v) is 3.42. The second kappa shape index (κ2) is 4.42. The van der Waals surface area contributed by atoms with Crippen LogP contribution < -0.4 is 0 Å². The van der Waals surface area contributed by atoms with Crippen molar-refractivity contribution in [2.45, 2.75) is 6.42 Å². The smallest absolute Gasteiger partial charge is 0.247 e. The minimum Gasteiger partial charge on any atom is -0.421 e. The van der Waals surface area contributed by atoms with Crippen molar-refractivity contribution in [1.29, 1.82) is 0 Å². The topological polar surface area (TPSA) is 59.2 Å². The van der Waals surface area contributed by atoms with Crippen LogP contribution >= 0.6 is 11.6 Å². The van der Waals surface area contributed by atoms with Crippen LogP contribution in [0.25, 0.3) is 11.5 Å². The number of aromatic nitrogens is 2. The van der Waals surface area contributed by atoms with Gasteiger partial charge in [-0.15, -0.1) is 10.2 Å². The highest BCUT2D eigenvalue weighted by Crippen LogP contribution is 2.21. The van der Waals surface area contributed by atoms with Gasteiger partial charge in [0.1, 0.15) is 0 Å². The molecule has 0 spiro atoms. The highest BCUT2D eigenvalue weighted by Gasteiger charge is 2.07. The summed E-state index contributed by atoms with van der Waals surface area (Å²) in [4.78, 5) is 0. The highest BCUT2D eigenvalue weighted by atomic mass is 35.5. The lowest BCUT2D eigenvalue weighted by Gasteiger charge is -1.94. The molecule has 1 N–H and O–H groups in total. The van der Waals surface area contributed by atoms with Crippen molar-refractivity contribution < 1.29 is 9.52 Å². The summed E-state index contributed by atoms with van der Waals surface area (Å²) in [5, 5.41) is 17.0. The number of hydrogen-bond donors (Lipinski definition) is 1. The van der Waals surface area contributed by atoms with E-state index in [1.165, 1.54) is 0 Å². The Labute approximate surface area is 91.5 Å². The maximum atomic E-state index is 8.69. The maximum Gasteiger partial charge on any atom is 0.247 e. The van der Waals surface area contributed by atoms with Crippen LogP contribution in [0.15, 0.2) is 28.7 Å². The fraction of sp³-hybridized carbons (Fsp3) is 0.200. The Bertz CT molecular complexity index is 456. The average molecular weight is 225 g/mol. The van der Waals surface area contributed by atoms with Crippen LogP contribution in [0.3, 0.4) is 0 Å². The van der Waals surface area contributed by atoms with E-state index in [0.717, 1.165) is 5.56 Å². The molecular weight excluding hydrogens is 216 g/mol. The lowest BCUT2D eigenvalue weighted by atomic mass is 10.2. The molecule has 1 aromatic heterocycles. The zero-order valence-electron chi connectivity index (χ0n) is 7.85. The Kier molecular flexibility index (Phi) is 2.99. The number of hydrogen-bond acceptors (Lipinski definition) is 4. The first kappa shape index (κ1) is 10.1. The molecular formula is C10H9ClN2O2. The third-order valence-corrected chi connectivity index (χ3v) is 2.10. The van der Waals surface area contributed by atoms with E-state index >= 15 is 0 Å². The maximum absolute atomic E-state index is 8.69. The predicted octanol–water partition coefficient (Wildman–Crippen LogP) is 1.92. The van der Waals surface area contributed by atoms with Crippen LogP contribution in [-0.2, 0) is 6.42 Å². The number of nitrogens with zero attached hydrogens (tertiary/aromatic N) is 2. The van der Waals surface area contributed by atoms with Gasteiger partial charge < -0.3 is 9.52 Å². The Morgan fingerprint density at radius 3 is 2.93 bits per heavy atom. The SMILES string of the molecule is OCCc1nnc(-c2cccc(Cl)c2)o1. The molecule has 0 aliphatic rings. The van der Waals surface area contributed by atoms with Crippen LogP contribution in [0.2, 0.25) is 5.02 Å². The first-order chi connectivity index (χ1) is 7.29. The summed E-state index contributed by atoms with van der Waals surface area (Å²) in [5.74, 6) is 0.841. The van der Waals surface area contributed by atoms with E-state index in [4.69, 9.17) is 21.1 Å². The fourth-order valence-electron chi connectivity index (χ4n) is 1.19. The summed E-state index contributed by atoms with van der Waals surface area (Å²) >= 11 is 5.83. The van der Waals surface area contributed by atoms with Crippen LogP contribution in [0, 0.1) is 0 Å². The highest BCUT2D eigenvalue weighted by molar-refractivity contribution is 6.30. The number of aliphatic hydroxyl groups is 1. The third-order valence-electron chi connectivity index (χ3n) is 1.86. The second-order valence-electron chi connectivity index (χ2n) is 2.98. The van der Waals surface area contributed by atoms with Crippen molar-refractivity contribution in [1.82, 2.24) is 10.2 Å².